The number of hydrogen-bond donors (Lipinski definition) is 2. The zero-order valence-electron chi connectivity index (χ0n) is 22.2. The van der Waals surface area contributed by atoms with E-state index in [0.29, 0.717) is 31.4 Å². The first-order valence-corrected chi connectivity index (χ1v) is 13.5. The van der Waals surface area contributed by atoms with Crippen LogP contribution in [0.3, 0.4) is 0 Å². The fraction of sp³-hybridized carbons (Fsp3) is 0.367. The number of ether oxygens (including phenoxy) is 1. The lowest BCUT2D eigenvalue weighted by Gasteiger charge is -2.15. The Balaban J connectivity index is 1.24. The van der Waals surface area contributed by atoms with Gasteiger partial charge in [-0.1, -0.05) is 38.1 Å². The van der Waals surface area contributed by atoms with Crippen LogP contribution in [0, 0.1) is 5.92 Å². The molecule has 38 heavy (non-hydrogen) atoms. The molecule has 8 nitrogen and oxygen atoms in total. The molecule has 0 bridgehead atoms. The van der Waals surface area contributed by atoms with Crippen molar-refractivity contribution in [1.29, 1.82) is 0 Å². The molecule has 2 aromatic carbocycles. The van der Waals surface area contributed by atoms with Crippen LogP contribution in [0.1, 0.15) is 38.7 Å². The monoisotopic (exact) mass is 512 g/mol. The normalized spacial score (nSPS) is 13.8. The van der Waals surface area contributed by atoms with E-state index in [1.54, 1.807) is 0 Å². The zero-order valence-corrected chi connectivity index (χ0v) is 22.2. The van der Waals surface area contributed by atoms with Crippen molar-refractivity contribution in [2.75, 3.05) is 31.6 Å². The van der Waals surface area contributed by atoms with Crippen LogP contribution in [0.2, 0.25) is 0 Å². The minimum atomic E-state index is 0.0705. The van der Waals surface area contributed by atoms with Crippen LogP contribution < -0.4 is 15.4 Å². The van der Waals surface area contributed by atoms with Crippen molar-refractivity contribution in [2.24, 2.45) is 5.92 Å². The maximum absolute atomic E-state index is 12.1. The molecule has 8 heteroatoms. The van der Waals surface area contributed by atoms with Gasteiger partial charge in [-0.3, -0.25) is 9.69 Å². The highest BCUT2D eigenvalue weighted by molar-refractivity contribution is 5.76. The first kappa shape index (κ1) is 25.7. The van der Waals surface area contributed by atoms with E-state index >= 15 is 0 Å². The Labute approximate surface area is 224 Å². The fourth-order valence-electron chi connectivity index (χ4n) is 4.72. The molecule has 1 fully saturated rings. The van der Waals surface area contributed by atoms with Gasteiger partial charge in [0.05, 0.1) is 5.69 Å². The Bertz CT molecular complexity index is 1360. The predicted octanol–water partition coefficient (Wildman–Crippen LogP) is 5.28. The third-order valence-corrected chi connectivity index (χ3v) is 6.65. The molecular weight excluding hydrogens is 476 g/mol. The third-order valence-electron chi connectivity index (χ3n) is 6.65. The molecule has 4 aromatic rings. The fourth-order valence-corrected chi connectivity index (χ4v) is 4.72. The van der Waals surface area contributed by atoms with E-state index in [0.717, 1.165) is 40.4 Å². The van der Waals surface area contributed by atoms with Gasteiger partial charge in [0.15, 0.2) is 5.65 Å². The van der Waals surface area contributed by atoms with E-state index in [1.165, 1.54) is 25.9 Å². The van der Waals surface area contributed by atoms with Crippen molar-refractivity contribution in [1.82, 2.24) is 24.8 Å². The van der Waals surface area contributed by atoms with Crippen molar-refractivity contribution in [2.45, 2.75) is 39.7 Å². The maximum atomic E-state index is 12.1. The number of carbonyl (C=O) groups is 1. The number of benzene rings is 2. The van der Waals surface area contributed by atoms with Gasteiger partial charge in [-0.2, -0.15) is 4.98 Å². The topological polar surface area (TPSA) is 83.8 Å². The molecule has 3 heterocycles. The molecule has 0 saturated carbocycles. The van der Waals surface area contributed by atoms with Crippen molar-refractivity contribution >= 4 is 23.2 Å². The third kappa shape index (κ3) is 6.69. The Morgan fingerprint density at radius 2 is 1.82 bits per heavy atom. The number of nitrogens with one attached hydrogen (secondary N) is 2. The van der Waals surface area contributed by atoms with Gasteiger partial charge in [0.25, 0.3) is 0 Å². The van der Waals surface area contributed by atoms with Crippen LogP contribution in [0.4, 0.5) is 11.6 Å². The van der Waals surface area contributed by atoms with Crippen LogP contribution in [-0.2, 0) is 11.3 Å². The van der Waals surface area contributed by atoms with Crippen LogP contribution in [-0.4, -0.2) is 51.6 Å². The molecule has 0 radical (unpaired) electrons. The molecule has 2 N–H and O–H groups in total. The molecule has 1 saturated heterocycles. The number of rotatable bonds is 11. The largest absolute Gasteiger partial charge is 0.492 e. The van der Waals surface area contributed by atoms with Gasteiger partial charge in [-0.05, 0) is 79.9 Å². The molecule has 0 aliphatic carbocycles. The van der Waals surface area contributed by atoms with Crippen molar-refractivity contribution in [3.05, 3.63) is 72.3 Å². The predicted molar refractivity (Wildman–Crippen MR) is 151 cm³/mol. The summed E-state index contributed by atoms with van der Waals surface area (Å²) in [5.41, 5.74) is 4.63. The number of likely N-dealkylation sites (tertiary alicyclic amines) is 1. The first-order valence-electron chi connectivity index (χ1n) is 13.5. The second-order valence-electron chi connectivity index (χ2n) is 10.2. The number of carbonyl (C=O) groups excluding carboxylic acids is 1. The quantitative estimate of drug-likeness (QED) is 0.285. The van der Waals surface area contributed by atoms with Crippen LogP contribution in [0.5, 0.6) is 5.75 Å². The highest BCUT2D eigenvalue weighted by Gasteiger charge is 2.12. The number of fused-ring (bicyclic) bond motifs is 1. The maximum Gasteiger partial charge on any atom is 0.247 e. The second kappa shape index (κ2) is 12.1. The zero-order chi connectivity index (χ0) is 26.3. The van der Waals surface area contributed by atoms with E-state index in [1.807, 2.05) is 79.0 Å². The molecule has 5 rings (SSSR count). The Hall–Kier alpha value is -3.91. The number of aromatic nitrogens is 3. The van der Waals surface area contributed by atoms with E-state index in [4.69, 9.17) is 9.84 Å². The van der Waals surface area contributed by atoms with Gasteiger partial charge in [-0.25, -0.2) is 4.52 Å². The Morgan fingerprint density at radius 3 is 2.61 bits per heavy atom. The van der Waals surface area contributed by atoms with Gasteiger partial charge in [-0.15, -0.1) is 5.10 Å². The minimum Gasteiger partial charge on any atom is -0.492 e. The average molecular weight is 513 g/mol. The number of nitrogens with zero attached hydrogens (tertiary/aromatic N) is 4. The summed E-state index contributed by atoms with van der Waals surface area (Å²) >= 11 is 0. The van der Waals surface area contributed by atoms with E-state index in [-0.39, 0.29) is 5.91 Å². The first-order chi connectivity index (χ1) is 18.5. The molecule has 0 spiro atoms. The summed E-state index contributed by atoms with van der Waals surface area (Å²) in [6.45, 7) is 8.63. The highest BCUT2D eigenvalue weighted by Crippen LogP contribution is 2.24. The van der Waals surface area contributed by atoms with Gasteiger partial charge in [0.2, 0.25) is 11.9 Å². The number of pyridine rings is 1. The summed E-state index contributed by atoms with van der Waals surface area (Å²) in [5.74, 6) is 1.80. The molecule has 0 atom stereocenters. The average Bonchev–Trinajstić information content (AvgIpc) is 3.58. The SMILES string of the molecule is CC(C)CC(=O)NCc1cccc(-c2cccc3nc(Nc4ccc(OCCN5CCCC5)cc4)nn23)c1. The summed E-state index contributed by atoms with van der Waals surface area (Å²) in [4.78, 5) is 19.2. The molecule has 1 aliphatic heterocycles. The van der Waals surface area contributed by atoms with Gasteiger partial charge in [0, 0.05) is 30.8 Å². The summed E-state index contributed by atoms with van der Waals surface area (Å²) in [5, 5.41) is 11.0. The smallest absolute Gasteiger partial charge is 0.247 e. The lowest BCUT2D eigenvalue weighted by molar-refractivity contribution is -0.121. The van der Waals surface area contributed by atoms with Gasteiger partial charge < -0.3 is 15.4 Å². The van der Waals surface area contributed by atoms with Crippen LogP contribution >= 0.6 is 0 Å². The van der Waals surface area contributed by atoms with Crippen LogP contribution in [0.15, 0.2) is 66.7 Å². The van der Waals surface area contributed by atoms with Crippen molar-refractivity contribution in [3.8, 4) is 17.0 Å². The second-order valence-corrected chi connectivity index (χ2v) is 10.2. The molecule has 2 aromatic heterocycles. The Kier molecular flexibility index (Phi) is 8.19. The lowest BCUT2D eigenvalue weighted by Crippen LogP contribution is -2.25. The lowest BCUT2D eigenvalue weighted by atomic mass is 10.1. The Morgan fingerprint density at radius 1 is 1.03 bits per heavy atom. The molecular formula is C30H36N6O2. The highest BCUT2D eigenvalue weighted by atomic mass is 16.5. The van der Waals surface area contributed by atoms with E-state index in [2.05, 4.69) is 26.6 Å². The van der Waals surface area contributed by atoms with Crippen LogP contribution in [0.25, 0.3) is 16.9 Å². The standard InChI is InChI=1S/C30H36N6O2/c1-22(2)19-29(37)31-21-23-7-5-8-24(20-23)27-9-6-10-28-33-30(34-36(27)28)32-25-11-13-26(14-12-25)38-18-17-35-15-3-4-16-35/h5-14,20,22H,3-4,15-19,21H2,1-2H3,(H,31,37)(H,32,34). The van der Waals surface area contributed by atoms with Crippen molar-refractivity contribution < 1.29 is 9.53 Å². The molecule has 0 unspecified atom stereocenters. The number of amides is 1. The number of hydrogen-bond acceptors (Lipinski definition) is 6. The van der Waals surface area contributed by atoms with E-state index < -0.39 is 0 Å². The van der Waals surface area contributed by atoms with Crippen molar-refractivity contribution in [3.63, 3.8) is 0 Å². The van der Waals surface area contributed by atoms with E-state index in [9.17, 15) is 4.79 Å². The summed E-state index contributed by atoms with van der Waals surface area (Å²) < 4.78 is 7.76. The summed E-state index contributed by atoms with van der Waals surface area (Å²) in [6, 6.07) is 22.0. The molecule has 1 amide bonds. The van der Waals surface area contributed by atoms with Gasteiger partial charge in [0.1, 0.15) is 12.4 Å². The van der Waals surface area contributed by atoms with Gasteiger partial charge >= 0.3 is 0 Å². The molecule has 198 valence electrons. The number of anilines is 2. The minimum absolute atomic E-state index is 0.0705. The summed E-state index contributed by atoms with van der Waals surface area (Å²) in [6.07, 6.45) is 3.12. The molecule has 1 aliphatic rings. The summed E-state index contributed by atoms with van der Waals surface area (Å²) in [7, 11) is 0.